The first-order chi connectivity index (χ1) is 22.8. The maximum atomic E-state index is 6.61. The van der Waals surface area contributed by atoms with Gasteiger partial charge in [0.2, 0.25) is 0 Å². The highest BCUT2D eigenvalue weighted by Gasteiger charge is 2.20. The molecule has 0 saturated heterocycles. The second-order valence-corrected chi connectivity index (χ2v) is 11.4. The Balaban J connectivity index is 1.31. The number of aromatic nitrogens is 2. The van der Waals surface area contributed by atoms with Crippen molar-refractivity contribution in [1.82, 2.24) is 9.97 Å². The van der Waals surface area contributed by atoms with E-state index in [2.05, 4.69) is 138 Å². The SMILES string of the molecule is c1ccc(-c2nc(-c3cc4c5cc(N(c6ccccc6)c6ccccc6)ccc5oc4c4ccccc34)nc3ccccc23)cc1. The minimum Gasteiger partial charge on any atom is -0.455 e. The summed E-state index contributed by atoms with van der Waals surface area (Å²) in [5.41, 5.74) is 8.80. The van der Waals surface area contributed by atoms with Gasteiger partial charge < -0.3 is 9.32 Å². The van der Waals surface area contributed by atoms with E-state index in [1.54, 1.807) is 0 Å². The van der Waals surface area contributed by atoms with E-state index in [9.17, 15) is 0 Å². The van der Waals surface area contributed by atoms with Crippen molar-refractivity contribution >= 4 is 60.7 Å². The van der Waals surface area contributed by atoms with Crippen molar-refractivity contribution < 1.29 is 4.42 Å². The topological polar surface area (TPSA) is 42.2 Å². The molecule has 4 nitrogen and oxygen atoms in total. The van der Waals surface area contributed by atoms with Gasteiger partial charge >= 0.3 is 0 Å². The Morgan fingerprint density at radius 2 is 1.04 bits per heavy atom. The Labute approximate surface area is 265 Å². The average molecular weight is 590 g/mol. The summed E-state index contributed by atoms with van der Waals surface area (Å²) in [5, 5.41) is 5.20. The highest BCUT2D eigenvalue weighted by Crippen LogP contribution is 2.43. The lowest BCUT2D eigenvalue weighted by Gasteiger charge is -2.25. The number of furan rings is 1. The summed E-state index contributed by atoms with van der Waals surface area (Å²) in [6.45, 7) is 0. The predicted octanol–water partition coefficient (Wildman–Crippen LogP) is 11.5. The van der Waals surface area contributed by atoms with Gasteiger partial charge in [-0.15, -0.1) is 0 Å². The highest BCUT2D eigenvalue weighted by molar-refractivity contribution is 6.19. The molecule has 46 heavy (non-hydrogen) atoms. The summed E-state index contributed by atoms with van der Waals surface area (Å²) in [6, 6.07) is 56.6. The Hall–Kier alpha value is -6.26. The van der Waals surface area contributed by atoms with E-state index in [0.29, 0.717) is 5.82 Å². The number of para-hydroxylation sites is 3. The van der Waals surface area contributed by atoms with Gasteiger partial charge in [-0.3, -0.25) is 0 Å². The van der Waals surface area contributed by atoms with Gasteiger partial charge in [-0.25, -0.2) is 9.97 Å². The molecule has 0 aliphatic rings. The Bertz CT molecular complexity index is 2480. The quantitative estimate of drug-likeness (QED) is 0.200. The van der Waals surface area contributed by atoms with Gasteiger partial charge in [0.25, 0.3) is 0 Å². The van der Waals surface area contributed by atoms with Gasteiger partial charge in [0.1, 0.15) is 11.2 Å². The molecule has 0 saturated carbocycles. The van der Waals surface area contributed by atoms with Gasteiger partial charge in [-0.05, 0) is 60.0 Å². The van der Waals surface area contributed by atoms with Crippen molar-refractivity contribution in [2.24, 2.45) is 0 Å². The molecule has 2 heterocycles. The van der Waals surface area contributed by atoms with Crippen LogP contribution in [0.3, 0.4) is 0 Å². The highest BCUT2D eigenvalue weighted by atomic mass is 16.3. The molecule has 0 aliphatic heterocycles. The number of fused-ring (bicyclic) bond motifs is 6. The molecule has 0 amide bonds. The molecular formula is C42H27N3O. The van der Waals surface area contributed by atoms with E-state index in [-0.39, 0.29) is 0 Å². The van der Waals surface area contributed by atoms with Crippen LogP contribution in [0.15, 0.2) is 168 Å². The minimum atomic E-state index is 0.691. The number of anilines is 3. The number of hydrogen-bond donors (Lipinski definition) is 0. The van der Waals surface area contributed by atoms with Crippen LogP contribution in [0.1, 0.15) is 0 Å². The summed E-state index contributed by atoms with van der Waals surface area (Å²) < 4.78 is 6.61. The van der Waals surface area contributed by atoms with Crippen molar-refractivity contribution in [3.05, 3.63) is 164 Å². The molecule has 2 aromatic heterocycles. The molecule has 7 aromatic carbocycles. The van der Waals surface area contributed by atoms with Crippen LogP contribution >= 0.6 is 0 Å². The average Bonchev–Trinajstić information content (AvgIpc) is 3.50. The predicted molar refractivity (Wildman–Crippen MR) is 190 cm³/mol. The number of nitrogens with zero attached hydrogens (tertiary/aromatic N) is 3. The zero-order chi connectivity index (χ0) is 30.5. The molecule has 9 rings (SSSR count). The van der Waals surface area contributed by atoms with Crippen molar-refractivity contribution in [2.75, 3.05) is 4.90 Å². The molecule has 0 radical (unpaired) electrons. The van der Waals surface area contributed by atoms with Crippen molar-refractivity contribution in [1.29, 1.82) is 0 Å². The molecule has 0 aliphatic carbocycles. The normalized spacial score (nSPS) is 11.5. The Morgan fingerprint density at radius 3 is 1.76 bits per heavy atom. The van der Waals surface area contributed by atoms with Crippen LogP contribution in [-0.2, 0) is 0 Å². The van der Waals surface area contributed by atoms with Gasteiger partial charge in [0.15, 0.2) is 5.82 Å². The first kappa shape index (κ1) is 26.2. The second-order valence-electron chi connectivity index (χ2n) is 11.4. The first-order valence-corrected chi connectivity index (χ1v) is 15.4. The fourth-order valence-electron chi connectivity index (χ4n) is 6.52. The molecular weight excluding hydrogens is 562 g/mol. The van der Waals surface area contributed by atoms with Crippen molar-refractivity contribution in [3.63, 3.8) is 0 Å². The van der Waals surface area contributed by atoms with Crippen LogP contribution in [0, 0.1) is 0 Å². The van der Waals surface area contributed by atoms with Gasteiger partial charge in [0.05, 0.1) is 11.2 Å². The number of rotatable bonds is 5. The molecule has 0 fully saturated rings. The van der Waals surface area contributed by atoms with Crippen LogP contribution < -0.4 is 4.90 Å². The van der Waals surface area contributed by atoms with Crippen molar-refractivity contribution in [2.45, 2.75) is 0 Å². The third kappa shape index (κ3) is 4.31. The largest absolute Gasteiger partial charge is 0.455 e. The van der Waals surface area contributed by atoms with Crippen LogP contribution in [-0.4, -0.2) is 9.97 Å². The zero-order valence-corrected chi connectivity index (χ0v) is 24.8. The summed E-state index contributed by atoms with van der Waals surface area (Å²) in [5.74, 6) is 0.691. The maximum Gasteiger partial charge on any atom is 0.161 e. The lowest BCUT2D eigenvalue weighted by molar-refractivity contribution is 0.672. The lowest BCUT2D eigenvalue weighted by atomic mass is 9.98. The third-order valence-corrected chi connectivity index (χ3v) is 8.64. The summed E-state index contributed by atoms with van der Waals surface area (Å²) >= 11 is 0. The smallest absolute Gasteiger partial charge is 0.161 e. The first-order valence-electron chi connectivity index (χ1n) is 15.4. The van der Waals surface area contributed by atoms with E-state index in [1.807, 2.05) is 30.3 Å². The van der Waals surface area contributed by atoms with Crippen LogP contribution in [0.2, 0.25) is 0 Å². The molecule has 9 aromatic rings. The van der Waals surface area contributed by atoms with E-state index < -0.39 is 0 Å². The van der Waals surface area contributed by atoms with E-state index in [0.717, 1.165) is 77.5 Å². The van der Waals surface area contributed by atoms with Crippen LogP contribution in [0.25, 0.3) is 66.3 Å². The molecule has 216 valence electrons. The maximum absolute atomic E-state index is 6.61. The Kier molecular flexibility index (Phi) is 6.10. The Morgan fingerprint density at radius 1 is 0.435 bits per heavy atom. The fourth-order valence-corrected chi connectivity index (χ4v) is 6.52. The summed E-state index contributed by atoms with van der Waals surface area (Å²) in [4.78, 5) is 12.6. The monoisotopic (exact) mass is 589 g/mol. The third-order valence-electron chi connectivity index (χ3n) is 8.64. The summed E-state index contributed by atoms with van der Waals surface area (Å²) in [6.07, 6.45) is 0. The van der Waals surface area contributed by atoms with Crippen LogP contribution in [0.5, 0.6) is 0 Å². The number of benzene rings is 7. The van der Waals surface area contributed by atoms with Gasteiger partial charge in [-0.1, -0.05) is 109 Å². The van der Waals surface area contributed by atoms with E-state index in [1.165, 1.54) is 0 Å². The lowest BCUT2D eigenvalue weighted by Crippen LogP contribution is -2.09. The second kappa shape index (κ2) is 10.7. The van der Waals surface area contributed by atoms with Gasteiger partial charge in [0, 0.05) is 49.7 Å². The molecule has 0 unspecified atom stereocenters. The summed E-state index contributed by atoms with van der Waals surface area (Å²) in [7, 11) is 0. The van der Waals surface area contributed by atoms with E-state index >= 15 is 0 Å². The van der Waals surface area contributed by atoms with Crippen LogP contribution in [0.4, 0.5) is 17.1 Å². The zero-order valence-electron chi connectivity index (χ0n) is 24.8. The van der Waals surface area contributed by atoms with Gasteiger partial charge in [-0.2, -0.15) is 0 Å². The minimum absolute atomic E-state index is 0.691. The fraction of sp³-hybridized carbons (Fsp3) is 0. The van der Waals surface area contributed by atoms with E-state index in [4.69, 9.17) is 14.4 Å². The molecule has 0 bridgehead atoms. The molecule has 0 N–H and O–H groups in total. The van der Waals surface area contributed by atoms with Crippen molar-refractivity contribution in [3.8, 4) is 22.6 Å². The standard InChI is InChI=1S/C42H27N3O/c1-4-14-28(15-5-1)40-34-22-12-13-23-38(34)43-42(44-40)37-27-36-35-26-31(24-25-39(35)46-41(36)33-21-11-10-20-32(33)37)45(29-16-6-2-7-17-29)30-18-8-3-9-19-30/h1-27H. The molecule has 4 heteroatoms. The molecule has 0 spiro atoms. The molecule has 0 atom stereocenters. The number of hydrogen-bond acceptors (Lipinski definition) is 4.